The third kappa shape index (κ3) is 3.31. The Morgan fingerprint density at radius 3 is 2.86 bits per heavy atom. The second kappa shape index (κ2) is 6.48. The quantitative estimate of drug-likeness (QED) is 0.898. The highest BCUT2D eigenvalue weighted by Crippen LogP contribution is 2.39. The summed E-state index contributed by atoms with van der Waals surface area (Å²) in [5, 5.41) is 11.4. The van der Waals surface area contributed by atoms with Crippen molar-refractivity contribution >= 4 is 40.2 Å². The van der Waals surface area contributed by atoms with Crippen molar-refractivity contribution in [3.63, 3.8) is 0 Å². The molecule has 0 aliphatic carbocycles. The Labute approximate surface area is 136 Å². The van der Waals surface area contributed by atoms with Crippen molar-refractivity contribution in [2.45, 2.75) is 18.9 Å². The molecule has 1 aliphatic rings. The van der Waals surface area contributed by atoms with Crippen LogP contribution < -0.4 is 0 Å². The Bertz CT molecular complexity index is 611. The molecule has 6 heteroatoms. The topological polar surface area (TPSA) is 40.5 Å². The summed E-state index contributed by atoms with van der Waals surface area (Å²) in [5.41, 5.74) is 0. The zero-order valence-corrected chi connectivity index (χ0v) is 13.8. The molecule has 3 heterocycles. The molecule has 2 aromatic rings. The number of carbonyl (C=O) groups is 1. The summed E-state index contributed by atoms with van der Waals surface area (Å²) in [6.07, 6.45) is 1.70. The maximum absolute atomic E-state index is 11.3. The van der Waals surface area contributed by atoms with Gasteiger partial charge in [0.2, 0.25) is 0 Å². The summed E-state index contributed by atoms with van der Waals surface area (Å²) in [6.45, 7) is 1.54. The minimum absolute atomic E-state index is 0.129. The van der Waals surface area contributed by atoms with Gasteiger partial charge in [0.25, 0.3) is 0 Å². The van der Waals surface area contributed by atoms with Crippen LogP contribution in [0.3, 0.4) is 0 Å². The molecule has 0 spiro atoms. The molecule has 3 rings (SSSR count). The number of nitrogens with zero attached hydrogens (tertiary/aromatic N) is 1. The molecule has 112 valence electrons. The van der Waals surface area contributed by atoms with E-state index in [-0.39, 0.29) is 12.0 Å². The number of hydrogen-bond acceptors (Lipinski definition) is 4. The molecule has 1 saturated heterocycles. The van der Waals surface area contributed by atoms with E-state index in [2.05, 4.69) is 22.4 Å². The molecule has 2 aromatic heterocycles. The smallest absolute Gasteiger partial charge is 0.307 e. The van der Waals surface area contributed by atoms with Crippen molar-refractivity contribution in [1.82, 2.24) is 4.90 Å². The van der Waals surface area contributed by atoms with Crippen LogP contribution in [0.4, 0.5) is 0 Å². The van der Waals surface area contributed by atoms with Gasteiger partial charge in [-0.2, -0.15) is 0 Å². The summed E-state index contributed by atoms with van der Waals surface area (Å²) >= 11 is 9.39. The fourth-order valence-corrected chi connectivity index (χ4v) is 5.03. The summed E-state index contributed by atoms with van der Waals surface area (Å²) < 4.78 is 0.776. The first-order chi connectivity index (χ1) is 10.1. The van der Waals surface area contributed by atoms with E-state index in [0.717, 1.165) is 23.7 Å². The Kier molecular flexibility index (Phi) is 4.64. The van der Waals surface area contributed by atoms with Gasteiger partial charge in [0.05, 0.1) is 16.3 Å². The van der Waals surface area contributed by atoms with Crippen LogP contribution in [-0.2, 0) is 4.79 Å². The number of hydrogen-bond donors (Lipinski definition) is 1. The molecule has 2 atom stereocenters. The predicted octanol–water partition coefficient (Wildman–Crippen LogP) is 4.35. The van der Waals surface area contributed by atoms with Crippen LogP contribution in [0.1, 0.15) is 28.6 Å². The highest BCUT2D eigenvalue weighted by atomic mass is 35.5. The lowest BCUT2D eigenvalue weighted by atomic mass is 9.96. The lowest BCUT2D eigenvalue weighted by Gasteiger charge is -2.36. The maximum Gasteiger partial charge on any atom is 0.307 e. The van der Waals surface area contributed by atoms with E-state index < -0.39 is 5.97 Å². The van der Waals surface area contributed by atoms with Crippen molar-refractivity contribution in [1.29, 1.82) is 0 Å². The summed E-state index contributed by atoms with van der Waals surface area (Å²) in [4.78, 5) is 16.0. The van der Waals surface area contributed by atoms with Gasteiger partial charge in [0.15, 0.2) is 0 Å². The summed E-state index contributed by atoms with van der Waals surface area (Å²) in [6, 6.07) is 8.26. The predicted molar refractivity (Wildman–Crippen MR) is 87.4 cm³/mol. The first-order valence-electron chi connectivity index (χ1n) is 6.90. The first-order valence-corrected chi connectivity index (χ1v) is 8.98. The van der Waals surface area contributed by atoms with E-state index >= 15 is 0 Å². The molecule has 0 aromatic carbocycles. The van der Waals surface area contributed by atoms with Gasteiger partial charge in [-0.3, -0.25) is 9.69 Å². The monoisotopic (exact) mass is 341 g/mol. The van der Waals surface area contributed by atoms with Gasteiger partial charge < -0.3 is 5.11 Å². The van der Waals surface area contributed by atoms with E-state index in [1.54, 1.807) is 22.7 Å². The first kappa shape index (κ1) is 15.0. The van der Waals surface area contributed by atoms with E-state index in [9.17, 15) is 9.90 Å². The molecule has 1 fully saturated rings. The second-order valence-corrected chi connectivity index (χ2v) is 7.96. The third-order valence-electron chi connectivity index (χ3n) is 3.84. The highest BCUT2D eigenvalue weighted by molar-refractivity contribution is 7.16. The van der Waals surface area contributed by atoms with Gasteiger partial charge >= 0.3 is 5.97 Å². The number of likely N-dealkylation sites (tertiary alicyclic amines) is 1. The average molecular weight is 342 g/mol. The van der Waals surface area contributed by atoms with Crippen LogP contribution >= 0.6 is 34.3 Å². The molecule has 0 bridgehead atoms. The molecule has 0 saturated carbocycles. The van der Waals surface area contributed by atoms with Gasteiger partial charge in [-0.1, -0.05) is 17.7 Å². The molecule has 1 N–H and O–H groups in total. The number of aliphatic carboxylic acids is 1. The molecule has 0 radical (unpaired) electrons. The zero-order chi connectivity index (χ0) is 14.8. The Balaban J connectivity index is 1.90. The van der Waals surface area contributed by atoms with Gasteiger partial charge in [0, 0.05) is 16.3 Å². The number of rotatable bonds is 4. The van der Waals surface area contributed by atoms with Gasteiger partial charge in [0.1, 0.15) is 0 Å². The second-order valence-electron chi connectivity index (χ2n) is 5.23. The SMILES string of the molecule is O=C(O)C1CCCN(C(c2cccs2)c2ccc(Cl)s2)C1. The summed E-state index contributed by atoms with van der Waals surface area (Å²) in [5.74, 6) is -0.953. The van der Waals surface area contributed by atoms with Crippen LogP contribution in [-0.4, -0.2) is 29.1 Å². The van der Waals surface area contributed by atoms with Crippen molar-refractivity contribution < 1.29 is 9.90 Å². The molecule has 21 heavy (non-hydrogen) atoms. The van der Waals surface area contributed by atoms with Crippen molar-refractivity contribution in [2.75, 3.05) is 13.1 Å². The Morgan fingerprint density at radius 2 is 2.24 bits per heavy atom. The molecule has 1 aliphatic heterocycles. The molecule has 0 amide bonds. The van der Waals surface area contributed by atoms with Gasteiger partial charge in [-0.15, -0.1) is 22.7 Å². The lowest BCUT2D eigenvalue weighted by Crippen LogP contribution is -2.40. The van der Waals surface area contributed by atoms with Gasteiger partial charge in [-0.05, 0) is 43.0 Å². The Morgan fingerprint density at radius 1 is 1.38 bits per heavy atom. The summed E-state index contributed by atoms with van der Waals surface area (Å²) in [7, 11) is 0. The van der Waals surface area contributed by atoms with E-state index in [1.807, 2.05) is 12.1 Å². The lowest BCUT2D eigenvalue weighted by molar-refractivity contribution is -0.143. The Hall–Kier alpha value is -0.880. The molecule has 2 unspecified atom stereocenters. The molecular weight excluding hydrogens is 326 g/mol. The largest absolute Gasteiger partial charge is 0.481 e. The van der Waals surface area contributed by atoms with Crippen LogP contribution in [0.5, 0.6) is 0 Å². The normalized spacial score (nSPS) is 21.3. The maximum atomic E-state index is 11.3. The minimum Gasteiger partial charge on any atom is -0.481 e. The van der Waals surface area contributed by atoms with Crippen molar-refractivity contribution in [3.8, 4) is 0 Å². The number of thiophene rings is 2. The number of halogens is 1. The van der Waals surface area contributed by atoms with Crippen LogP contribution in [0.25, 0.3) is 0 Å². The number of carboxylic acid groups (broad SMARTS) is 1. The minimum atomic E-state index is -0.686. The van der Waals surface area contributed by atoms with Crippen LogP contribution in [0.15, 0.2) is 29.6 Å². The zero-order valence-electron chi connectivity index (χ0n) is 11.4. The van der Waals surface area contributed by atoms with Crippen LogP contribution in [0.2, 0.25) is 4.34 Å². The van der Waals surface area contributed by atoms with E-state index in [0.29, 0.717) is 6.54 Å². The number of piperidine rings is 1. The standard InChI is InChI=1S/C15H16ClNO2S2/c16-13-6-5-12(21-13)14(11-4-2-8-20-11)17-7-1-3-10(9-17)15(18)19/h2,4-6,8,10,14H,1,3,7,9H2,(H,18,19). The molecular formula is C15H16ClNO2S2. The average Bonchev–Trinajstić information content (AvgIpc) is 3.12. The fourth-order valence-electron chi connectivity index (χ4n) is 2.86. The highest BCUT2D eigenvalue weighted by Gasteiger charge is 2.32. The van der Waals surface area contributed by atoms with Crippen molar-refractivity contribution in [2.24, 2.45) is 5.92 Å². The van der Waals surface area contributed by atoms with E-state index in [1.165, 1.54) is 9.75 Å². The third-order valence-corrected chi connectivity index (χ3v) is 6.05. The number of carboxylic acids is 1. The van der Waals surface area contributed by atoms with E-state index in [4.69, 9.17) is 11.6 Å². The fraction of sp³-hybridized carbons (Fsp3) is 0.400. The van der Waals surface area contributed by atoms with Crippen LogP contribution in [0, 0.1) is 5.92 Å². The molecule has 3 nitrogen and oxygen atoms in total. The van der Waals surface area contributed by atoms with Gasteiger partial charge in [-0.25, -0.2) is 0 Å². The van der Waals surface area contributed by atoms with Crippen molar-refractivity contribution in [3.05, 3.63) is 43.7 Å².